The Balaban J connectivity index is 0.00000204. The molecule has 0 saturated heterocycles. The van der Waals surface area contributed by atoms with Crippen LogP contribution in [0.3, 0.4) is 0 Å². The SMILES string of the molecule is C=C.C=C\C=C/C(C)=C(/C=C\C)Cc1ccc(N(c2ccc(-c3cccc4ccccc34)cc2)c2cccc3ccccc23)cc1. The lowest BCUT2D eigenvalue weighted by Gasteiger charge is -2.27. The summed E-state index contributed by atoms with van der Waals surface area (Å²) >= 11 is 0. The highest BCUT2D eigenvalue weighted by Gasteiger charge is 2.16. The van der Waals surface area contributed by atoms with Gasteiger partial charge in [-0.25, -0.2) is 0 Å². The summed E-state index contributed by atoms with van der Waals surface area (Å²) in [6.45, 7) is 14.0. The highest BCUT2D eigenvalue weighted by Crippen LogP contribution is 2.40. The Morgan fingerprint density at radius 1 is 0.630 bits per heavy atom. The Labute approximate surface area is 274 Å². The monoisotopic (exact) mass is 595 g/mol. The van der Waals surface area contributed by atoms with Gasteiger partial charge in [0.25, 0.3) is 0 Å². The van der Waals surface area contributed by atoms with Gasteiger partial charge >= 0.3 is 0 Å². The van der Waals surface area contributed by atoms with E-state index in [0.717, 1.165) is 23.5 Å². The van der Waals surface area contributed by atoms with Crippen LogP contribution in [0, 0.1) is 0 Å². The third-order valence-electron chi connectivity index (χ3n) is 8.18. The maximum Gasteiger partial charge on any atom is 0.0540 e. The van der Waals surface area contributed by atoms with Gasteiger partial charge in [-0.2, -0.15) is 0 Å². The minimum absolute atomic E-state index is 0.867. The van der Waals surface area contributed by atoms with Gasteiger partial charge in [0.05, 0.1) is 5.69 Å². The lowest BCUT2D eigenvalue weighted by molar-refractivity contribution is 1.16. The number of hydrogen-bond donors (Lipinski definition) is 0. The molecular formula is C45H41N. The number of fused-ring (bicyclic) bond motifs is 2. The first-order valence-corrected chi connectivity index (χ1v) is 15.7. The standard InChI is InChI=1S/C43H37N.C2H4/c1-4-6-14-32(3)37(13-5-2)31-33-23-27-38(28-24-33)44(43-22-12-18-35-16-8-10-20-42(35)43)39-29-25-36(26-30-39)41-21-11-17-34-15-7-9-19-40(34)41;1-2/h4-30H,1,31H2,2-3H3;1-2H2/b13-5-,14-6-,37-32-;. The molecule has 6 aromatic rings. The second kappa shape index (κ2) is 15.4. The summed E-state index contributed by atoms with van der Waals surface area (Å²) in [5.41, 5.74) is 9.69. The maximum absolute atomic E-state index is 3.82. The average molecular weight is 596 g/mol. The van der Waals surface area contributed by atoms with Crippen LogP contribution in [0.25, 0.3) is 32.7 Å². The van der Waals surface area contributed by atoms with Crippen LogP contribution >= 0.6 is 0 Å². The third-order valence-corrected chi connectivity index (χ3v) is 8.18. The molecule has 0 N–H and O–H groups in total. The van der Waals surface area contributed by atoms with E-state index in [1.807, 2.05) is 12.2 Å². The van der Waals surface area contributed by atoms with Crippen LogP contribution in [-0.2, 0) is 6.42 Å². The van der Waals surface area contributed by atoms with E-state index in [1.165, 1.54) is 49.4 Å². The molecule has 0 aliphatic rings. The van der Waals surface area contributed by atoms with E-state index in [4.69, 9.17) is 0 Å². The molecule has 0 spiro atoms. The molecule has 0 radical (unpaired) electrons. The van der Waals surface area contributed by atoms with Gasteiger partial charge in [0.1, 0.15) is 0 Å². The maximum atomic E-state index is 3.82. The second-order valence-electron chi connectivity index (χ2n) is 11.1. The fourth-order valence-electron chi connectivity index (χ4n) is 5.93. The molecule has 1 nitrogen and oxygen atoms in total. The van der Waals surface area contributed by atoms with Crippen LogP contribution in [0.1, 0.15) is 19.4 Å². The van der Waals surface area contributed by atoms with Gasteiger partial charge in [0.15, 0.2) is 0 Å². The van der Waals surface area contributed by atoms with E-state index in [1.54, 1.807) is 0 Å². The fraction of sp³-hybridized carbons (Fsp3) is 0.0667. The van der Waals surface area contributed by atoms with Gasteiger partial charge in [0.2, 0.25) is 0 Å². The highest BCUT2D eigenvalue weighted by atomic mass is 15.1. The van der Waals surface area contributed by atoms with E-state index in [-0.39, 0.29) is 0 Å². The lowest BCUT2D eigenvalue weighted by Crippen LogP contribution is -2.10. The predicted molar refractivity (Wildman–Crippen MR) is 203 cm³/mol. The molecule has 1 heteroatoms. The second-order valence-corrected chi connectivity index (χ2v) is 11.1. The number of rotatable bonds is 9. The molecule has 0 unspecified atom stereocenters. The Kier molecular flexibility index (Phi) is 10.6. The van der Waals surface area contributed by atoms with E-state index in [0.29, 0.717) is 0 Å². The third kappa shape index (κ3) is 7.01. The summed E-state index contributed by atoms with van der Waals surface area (Å²) < 4.78 is 0. The molecular weight excluding hydrogens is 555 g/mol. The van der Waals surface area contributed by atoms with Crippen molar-refractivity contribution in [3.05, 3.63) is 200 Å². The smallest absolute Gasteiger partial charge is 0.0540 e. The van der Waals surface area contributed by atoms with Crippen molar-refractivity contribution in [2.45, 2.75) is 20.3 Å². The van der Waals surface area contributed by atoms with Crippen molar-refractivity contribution in [2.75, 3.05) is 4.90 Å². The zero-order valence-corrected chi connectivity index (χ0v) is 26.9. The first-order chi connectivity index (χ1) is 22.7. The lowest BCUT2D eigenvalue weighted by atomic mass is 9.97. The van der Waals surface area contributed by atoms with Gasteiger partial charge in [0, 0.05) is 16.8 Å². The van der Waals surface area contributed by atoms with Crippen LogP contribution in [-0.4, -0.2) is 0 Å². The minimum atomic E-state index is 0.867. The summed E-state index contributed by atoms with van der Waals surface area (Å²) in [6.07, 6.45) is 11.1. The Morgan fingerprint density at radius 3 is 1.85 bits per heavy atom. The van der Waals surface area contributed by atoms with Gasteiger partial charge in [-0.1, -0.05) is 140 Å². The number of nitrogens with zero attached hydrogens (tertiary/aromatic N) is 1. The molecule has 0 aliphatic carbocycles. The summed E-state index contributed by atoms with van der Waals surface area (Å²) in [5, 5.41) is 4.97. The number of hydrogen-bond acceptors (Lipinski definition) is 1. The van der Waals surface area contributed by atoms with Gasteiger partial charge in [-0.05, 0) is 94.6 Å². The Hall–Kier alpha value is -5.66. The molecule has 0 aromatic heterocycles. The minimum Gasteiger partial charge on any atom is -0.310 e. The number of anilines is 3. The fourth-order valence-corrected chi connectivity index (χ4v) is 5.93. The van der Waals surface area contributed by atoms with Crippen molar-refractivity contribution in [3.63, 3.8) is 0 Å². The largest absolute Gasteiger partial charge is 0.310 e. The first-order valence-electron chi connectivity index (χ1n) is 15.7. The van der Waals surface area contributed by atoms with Crippen molar-refractivity contribution >= 4 is 38.6 Å². The highest BCUT2D eigenvalue weighted by molar-refractivity contribution is 6.00. The summed E-state index contributed by atoms with van der Waals surface area (Å²) in [7, 11) is 0. The van der Waals surface area contributed by atoms with Crippen molar-refractivity contribution in [3.8, 4) is 11.1 Å². The van der Waals surface area contributed by atoms with Crippen LogP contribution in [0.5, 0.6) is 0 Å². The van der Waals surface area contributed by atoms with Crippen molar-refractivity contribution in [1.29, 1.82) is 0 Å². The van der Waals surface area contributed by atoms with Crippen LogP contribution < -0.4 is 4.90 Å². The zero-order valence-electron chi connectivity index (χ0n) is 26.9. The van der Waals surface area contributed by atoms with Crippen LogP contribution in [0.15, 0.2) is 195 Å². The topological polar surface area (TPSA) is 3.24 Å². The molecule has 0 atom stereocenters. The van der Waals surface area contributed by atoms with Gasteiger partial charge in [-0.15, -0.1) is 13.2 Å². The van der Waals surface area contributed by atoms with E-state index >= 15 is 0 Å². The molecule has 0 fully saturated rings. The van der Waals surface area contributed by atoms with E-state index < -0.39 is 0 Å². The molecule has 226 valence electrons. The molecule has 6 rings (SSSR count). The molecule has 0 bridgehead atoms. The van der Waals surface area contributed by atoms with Gasteiger partial charge in [-0.3, -0.25) is 0 Å². The molecule has 6 aromatic carbocycles. The van der Waals surface area contributed by atoms with Crippen molar-refractivity contribution < 1.29 is 0 Å². The summed E-state index contributed by atoms with van der Waals surface area (Å²) in [6, 6.07) is 48.3. The van der Waals surface area contributed by atoms with E-state index in [9.17, 15) is 0 Å². The molecule has 46 heavy (non-hydrogen) atoms. The van der Waals surface area contributed by atoms with Crippen LogP contribution in [0.2, 0.25) is 0 Å². The first kappa shape index (κ1) is 31.8. The molecule has 0 amide bonds. The number of benzene rings is 6. The van der Waals surface area contributed by atoms with Crippen LogP contribution in [0.4, 0.5) is 17.1 Å². The average Bonchev–Trinajstić information content (AvgIpc) is 3.12. The van der Waals surface area contributed by atoms with Crippen molar-refractivity contribution in [2.24, 2.45) is 0 Å². The normalized spacial score (nSPS) is 11.8. The molecule has 0 saturated carbocycles. The van der Waals surface area contributed by atoms with E-state index in [2.05, 4.69) is 190 Å². The Morgan fingerprint density at radius 2 is 1.20 bits per heavy atom. The molecule has 0 aliphatic heterocycles. The van der Waals surface area contributed by atoms with Gasteiger partial charge < -0.3 is 4.90 Å². The summed E-state index contributed by atoms with van der Waals surface area (Å²) in [4.78, 5) is 2.37. The molecule has 0 heterocycles. The number of allylic oxidation sites excluding steroid dienone is 7. The predicted octanol–water partition coefficient (Wildman–Crippen LogP) is 13.1. The van der Waals surface area contributed by atoms with Crippen molar-refractivity contribution in [1.82, 2.24) is 0 Å². The Bertz CT molecular complexity index is 2010. The zero-order chi connectivity index (χ0) is 32.3. The summed E-state index contributed by atoms with van der Waals surface area (Å²) in [5.74, 6) is 0. The quantitative estimate of drug-likeness (QED) is 0.119.